The van der Waals surface area contributed by atoms with Gasteiger partial charge in [0.2, 0.25) is 5.91 Å². The number of benzene rings is 2. The van der Waals surface area contributed by atoms with Crippen molar-refractivity contribution < 1.29 is 14.3 Å². The molecule has 0 saturated carbocycles. The van der Waals surface area contributed by atoms with Crippen LogP contribution in [0.15, 0.2) is 79.1 Å². The van der Waals surface area contributed by atoms with Crippen LogP contribution in [0.4, 0.5) is 10.5 Å². The molecule has 7 heteroatoms. The van der Waals surface area contributed by atoms with Crippen molar-refractivity contribution >= 4 is 17.6 Å². The maximum atomic E-state index is 12.0. The summed E-state index contributed by atoms with van der Waals surface area (Å²) in [6, 6.07) is 20.3. The minimum absolute atomic E-state index is 0.0959. The number of nitrogens with zero attached hydrogens (tertiary/aromatic N) is 1. The molecular weight excluding hydrogens is 392 g/mol. The molecule has 3 aromatic rings. The van der Waals surface area contributed by atoms with E-state index in [2.05, 4.69) is 20.9 Å². The van der Waals surface area contributed by atoms with E-state index in [0.29, 0.717) is 31.0 Å². The highest BCUT2D eigenvalue weighted by molar-refractivity contribution is 5.89. The number of urea groups is 1. The van der Waals surface area contributed by atoms with Crippen LogP contribution in [-0.4, -0.2) is 29.6 Å². The number of nitrogens with one attached hydrogen (secondary N) is 3. The van der Waals surface area contributed by atoms with Crippen LogP contribution in [0.1, 0.15) is 18.1 Å². The number of carbonyl (C=O) groups is 2. The first kappa shape index (κ1) is 21.8. The van der Waals surface area contributed by atoms with Crippen LogP contribution in [0.5, 0.6) is 5.75 Å². The van der Waals surface area contributed by atoms with Crippen LogP contribution < -0.4 is 20.7 Å². The molecule has 7 nitrogen and oxygen atoms in total. The first-order chi connectivity index (χ1) is 15.1. The van der Waals surface area contributed by atoms with Crippen LogP contribution in [0.25, 0.3) is 0 Å². The Balaban J connectivity index is 1.48. The maximum absolute atomic E-state index is 12.0. The van der Waals surface area contributed by atoms with Crippen molar-refractivity contribution in [2.75, 3.05) is 11.9 Å². The third-order valence-corrected chi connectivity index (χ3v) is 4.47. The van der Waals surface area contributed by atoms with Gasteiger partial charge in [0.05, 0.1) is 6.04 Å². The zero-order valence-electron chi connectivity index (χ0n) is 17.4. The SMILES string of the molecule is CC(=O)N[C@@H](COc1ccc(NC(=O)NCc2cccnc2)cc1)Cc1ccccc1. The summed E-state index contributed by atoms with van der Waals surface area (Å²) in [5.74, 6) is 0.561. The number of aromatic nitrogens is 1. The number of pyridine rings is 1. The molecule has 0 aliphatic rings. The molecule has 1 aromatic heterocycles. The van der Waals surface area contributed by atoms with E-state index in [-0.39, 0.29) is 18.0 Å². The van der Waals surface area contributed by atoms with E-state index >= 15 is 0 Å². The average molecular weight is 418 g/mol. The van der Waals surface area contributed by atoms with E-state index in [9.17, 15) is 9.59 Å². The van der Waals surface area contributed by atoms with Crippen molar-refractivity contribution in [2.45, 2.75) is 25.9 Å². The summed E-state index contributed by atoms with van der Waals surface area (Å²) in [5, 5.41) is 8.49. The van der Waals surface area contributed by atoms with Gasteiger partial charge in [-0.1, -0.05) is 36.4 Å². The topological polar surface area (TPSA) is 92.4 Å². The molecule has 31 heavy (non-hydrogen) atoms. The van der Waals surface area contributed by atoms with E-state index in [1.165, 1.54) is 6.92 Å². The van der Waals surface area contributed by atoms with Crippen molar-refractivity contribution in [1.82, 2.24) is 15.6 Å². The molecule has 0 unspecified atom stereocenters. The summed E-state index contributed by atoms with van der Waals surface area (Å²) in [7, 11) is 0. The van der Waals surface area contributed by atoms with E-state index in [4.69, 9.17) is 4.74 Å². The first-order valence-electron chi connectivity index (χ1n) is 10.1. The third kappa shape index (κ3) is 7.81. The molecule has 2 aromatic carbocycles. The molecule has 3 N–H and O–H groups in total. The molecule has 160 valence electrons. The molecule has 0 bridgehead atoms. The van der Waals surface area contributed by atoms with Gasteiger partial charge in [0.25, 0.3) is 0 Å². The van der Waals surface area contributed by atoms with Gasteiger partial charge in [0.1, 0.15) is 12.4 Å². The fourth-order valence-electron chi connectivity index (χ4n) is 3.03. The minimum Gasteiger partial charge on any atom is -0.491 e. The number of hydrogen-bond acceptors (Lipinski definition) is 4. The van der Waals surface area contributed by atoms with E-state index < -0.39 is 0 Å². The fourth-order valence-corrected chi connectivity index (χ4v) is 3.03. The molecule has 3 amide bonds. The summed E-state index contributed by atoms with van der Waals surface area (Å²) in [4.78, 5) is 27.6. The van der Waals surface area contributed by atoms with Gasteiger partial charge in [0, 0.05) is 31.5 Å². The highest BCUT2D eigenvalue weighted by Gasteiger charge is 2.12. The standard InChI is InChI=1S/C24H26N4O3/c1-18(29)27-22(14-19-6-3-2-4-7-19)17-31-23-11-9-21(10-12-23)28-24(30)26-16-20-8-5-13-25-15-20/h2-13,15,22H,14,16-17H2,1H3,(H,27,29)(H2,26,28,30)/t22-/m1/s1. The molecule has 0 spiro atoms. The molecule has 0 fully saturated rings. The Morgan fingerprint density at radius 1 is 0.968 bits per heavy atom. The van der Waals surface area contributed by atoms with Gasteiger partial charge >= 0.3 is 6.03 Å². The number of anilines is 1. The number of hydrogen-bond donors (Lipinski definition) is 3. The monoisotopic (exact) mass is 418 g/mol. The minimum atomic E-state index is -0.300. The van der Waals surface area contributed by atoms with Gasteiger partial charge in [-0.25, -0.2) is 4.79 Å². The number of carbonyl (C=O) groups excluding carboxylic acids is 2. The van der Waals surface area contributed by atoms with E-state index in [0.717, 1.165) is 11.1 Å². The molecule has 0 aliphatic heterocycles. The van der Waals surface area contributed by atoms with Crippen LogP contribution in [-0.2, 0) is 17.8 Å². The second-order valence-electron chi connectivity index (χ2n) is 7.09. The predicted molar refractivity (Wildman–Crippen MR) is 120 cm³/mol. The quantitative estimate of drug-likeness (QED) is 0.496. The van der Waals surface area contributed by atoms with Crippen LogP contribution in [0, 0.1) is 0 Å². The van der Waals surface area contributed by atoms with Crippen molar-refractivity contribution in [3.63, 3.8) is 0 Å². The van der Waals surface area contributed by atoms with Crippen LogP contribution in [0.3, 0.4) is 0 Å². The van der Waals surface area contributed by atoms with Crippen LogP contribution >= 0.6 is 0 Å². The van der Waals surface area contributed by atoms with E-state index in [1.54, 1.807) is 36.7 Å². The summed E-state index contributed by atoms with van der Waals surface area (Å²) in [5.41, 5.74) is 2.70. The van der Waals surface area contributed by atoms with Gasteiger partial charge < -0.3 is 20.7 Å². The Hall–Kier alpha value is -3.87. The second kappa shape index (κ2) is 11.3. The van der Waals surface area contributed by atoms with Gasteiger partial charge in [0.15, 0.2) is 0 Å². The Morgan fingerprint density at radius 2 is 1.71 bits per heavy atom. The van der Waals surface area contributed by atoms with Gasteiger partial charge in [-0.15, -0.1) is 0 Å². The normalized spacial score (nSPS) is 11.3. The zero-order valence-corrected chi connectivity index (χ0v) is 17.4. The van der Waals surface area contributed by atoms with Gasteiger partial charge in [-0.2, -0.15) is 0 Å². The lowest BCUT2D eigenvalue weighted by molar-refractivity contribution is -0.119. The fraction of sp³-hybridized carbons (Fsp3) is 0.208. The Bertz CT molecular complexity index is 963. The Morgan fingerprint density at radius 3 is 2.39 bits per heavy atom. The summed E-state index contributed by atoms with van der Waals surface area (Å²) in [6.07, 6.45) is 4.07. The predicted octanol–water partition coefficient (Wildman–Crippen LogP) is 3.53. The summed E-state index contributed by atoms with van der Waals surface area (Å²) in [6.45, 7) is 2.23. The van der Waals surface area contributed by atoms with Crippen molar-refractivity contribution in [3.8, 4) is 5.75 Å². The molecular formula is C24H26N4O3. The largest absolute Gasteiger partial charge is 0.491 e. The maximum Gasteiger partial charge on any atom is 0.319 e. The van der Waals surface area contributed by atoms with Crippen molar-refractivity contribution in [2.24, 2.45) is 0 Å². The smallest absolute Gasteiger partial charge is 0.319 e. The Kier molecular flexibility index (Phi) is 7.99. The lowest BCUT2D eigenvalue weighted by atomic mass is 10.1. The highest BCUT2D eigenvalue weighted by atomic mass is 16.5. The average Bonchev–Trinajstić information content (AvgIpc) is 2.78. The molecule has 0 radical (unpaired) electrons. The number of rotatable bonds is 9. The molecule has 0 aliphatic carbocycles. The first-order valence-corrected chi connectivity index (χ1v) is 10.1. The molecule has 1 atom stereocenters. The zero-order chi connectivity index (χ0) is 21.9. The second-order valence-corrected chi connectivity index (χ2v) is 7.09. The van der Waals surface area contributed by atoms with Crippen molar-refractivity contribution in [3.05, 3.63) is 90.3 Å². The molecule has 0 saturated heterocycles. The van der Waals surface area contributed by atoms with E-state index in [1.807, 2.05) is 42.5 Å². The van der Waals surface area contributed by atoms with Crippen molar-refractivity contribution in [1.29, 1.82) is 0 Å². The molecule has 3 rings (SSSR count). The lowest BCUT2D eigenvalue weighted by Crippen LogP contribution is -2.39. The number of amides is 3. The summed E-state index contributed by atoms with van der Waals surface area (Å²) < 4.78 is 5.86. The third-order valence-electron chi connectivity index (χ3n) is 4.47. The summed E-state index contributed by atoms with van der Waals surface area (Å²) >= 11 is 0. The number of ether oxygens (including phenoxy) is 1. The Labute approximate surface area is 181 Å². The van der Waals surface area contributed by atoms with Crippen LogP contribution in [0.2, 0.25) is 0 Å². The highest BCUT2D eigenvalue weighted by Crippen LogP contribution is 2.16. The molecule has 1 heterocycles. The lowest BCUT2D eigenvalue weighted by Gasteiger charge is -2.19. The van der Waals surface area contributed by atoms with Gasteiger partial charge in [-0.05, 0) is 47.9 Å². The van der Waals surface area contributed by atoms with Gasteiger partial charge in [-0.3, -0.25) is 9.78 Å².